The molecule has 1 aliphatic rings. The fourth-order valence-electron chi connectivity index (χ4n) is 1.41. The molecule has 1 saturated heterocycles. The van der Waals surface area contributed by atoms with Crippen LogP contribution >= 0.6 is 0 Å². The van der Waals surface area contributed by atoms with Gasteiger partial charge in [-0.05, 0) is 36.4 Å². The zero-order valence-corrected chi connectivity index (χ0v) is 54.1. The Labute approximate surface area is 504 Å². The smallest absolute Gasteiger partial charge is 0.138 e. The summed E-state index contributed by atoms with van der Waals surface area (Å²) in [5.41, 5.74) is 0. The van der Waals surface area contributed by atoms with Crippen molar-refractivity contribution in [2.75, 3.05) is 13.1 Å². The van der Waals surface area contributed by atoms with Crippen molar-refractivity contribution in [1.29, 1.82) is 0 Å². The Balaban J connectivity index is -0.00000000935. The van der Waals surface area contributed by atoms with Crippen LogP contribution in [0.25, 0.3) is 0 Å². The first kappa shape index (κ1) is 83.4. The molecule has 0 spiro atoms. The van der Waals surface area contributed by atoms with Crippen molar-refractivity contribution in [1.82, 2.24) is 25.5 Å². The minimum atomic E-state index is 0. The van der Waals surface area contributed by atoms with Crippen LogP contribution in [0.15, 0.2) is 6.33 Å². The van der Waals surface area contributed by atoms with Gasteiger partial charge in [0.25, 0.3) is 0 Å². The molecule has 0 saturated carbocycles. The van der Waals surface area contributed by atoms with Crippen molar-refractivity contribution in [2.24, 2.45) is 0 Å². The Bertz CT molecular complexity index is 225. The molecule has 0 aliphatic carbocycles. The van der Waals surface area contributed by atoms with Gasteiger partial charge in [0, 0.05) is 458 Å². The zero-order valence-electron chi connectivity index (χ0n) is 14.4. The number of piperidine rings is 1. The Morgan fingerprint density at radius 1 is 0.640 bits per heavy atom. The summed E-state index contributed by atoms with van der Waals surface area (Å²) < 4.78 is 1.85. The van der Waals surface area contributed by atoms with E-state index in [2.05, 4.69) is 20.8 Å². The third kappa shape index (κ3) is 45.7. The van der Waals surface area contributed by atoms with Crippen molar-refractivity contribution in [3.63, 3.8) is 0 Å². The number of hydrogen-bond acceptors (Lipinski definition) is 4. The molecule has 0 aromatic carbocycles. The summed E-state index contributed by atoms with van der Waals surface area (Å²) in [6.07, 6.45) is 3.95. The van der Waals surface area contributed by atoms with Crippen molar-refractivity contribution in [2.45, 2.75) is 18.9 Å². The summed E-state index contributed by atoms with van der Waals surface area (Å²) in [7, 11) is 0. The second-order valence-corrected chi connectivity index (χ2v) is 2.77. The molecule has 1 N–H and O–H groups in total. The molecule has 0 bridgehead atoms. The molecule has 14 radical (unpaired) electrons. The van der Waals surface area contributed by atoms with Crippen molar-refractivity contribution >= 4 is 0 Å². The monoisotopic (exact) mass is 1400 g/mol. The van der Waals surface area contributed by atoms with Crippen LogP contribution in [0.2, 0.25) is 0 Å². The molecule has 2 rings (SSSR count). The number of aromatic nitrogens is 4. The first-order chi connectivity index (χ1) is 5.47. The van der Waals surface area contributed by atoms with Gasteiger partial charge in [-0.2, -0.15) is 0 Å². The van der Waals surface area contributed by atoms with E-state index in [0.29, 0.717) is 6.04 Å². The maximum atomic E-state index is 3.87. The summed E-state index contributed by atoms with van der Waals surface area (Å²) >= 11 is 0. The van der Waals surface area contributed by atoms with Gasteiger partial charge >= 0.3 is 0 Å². The molecule has 1 aliphatic heterocycles. The van der Waals surface area contributed by atoms with E-state index in [1.54, 1.807) is 6.33 Å². The summed E-state index contributed by atoms with van der Waals surface area (Å²) in [5, 5.41) is 14.4. The van der Waals surface area contributed by atoms with Crippen molar-refractivity contribution in [3.8, 4) is 0 Å². The van der Waals surface area contributed by atoms with Gasteiger partial charge in [0.1, 0.15) is 6.33 Å². The standard InChI is InChI=1S/C6H11N5.14Y/c1-3-7-4-2-6(1)11-5-8-9-10-11;;;;;;;;;;;;;;/h5-7H,1-4H2;;;;;;;;;;;;;;. The first-order valence-electron chi connectivity index (χ1n) is 3.90. The first-order valence-corrected chi connectivity index (χ1v) is 3.90. The molecule has 5 nitrogen and oxygen atoms in total. The third-order valence-electron chi connectivity index (χ3n) is 2.05. The Kier molecular flexibility index (Phi) is 207. The largest absolute Gasteiger partial charge is 0.317 e. The van der Waals surface area contributed by atoms with Crippen LogP contribution < -0.4 is 5.32 Å². The average molecular weight is 1400 g/mol. The van der Waals surface area contributed by atoms with Crippen LogP contribution in [0.4, 0.5) is 0 Å². The molecule has 1 aromatic rings. The molecule has 0 amide bonds. The Morgan fingerprint density at radius 2 is 1.00 bits per heavy atom. The second kappa shape index (κ2) is 62.2. The average Bonchev–Trinajstić information content (AvgIpc) is 2.58. The van der Waals surface area contributed by atoms with Crippen molar-refractivity contribution < 1.29 is 458 Å². The van der Waals surface area contributed by atoms with Crippen molar-refractivity contribution in [3.05, 3.63) is 6.33 Å². The predicted molar refractivity (Wildman–Crippen MR) is 39.0 cm³/mol. The van der Waals surface area contributed by atoms with E-state index >= 15 is 0 Å². The van der Waals surface area contributed by atoms with Crippen LogP contribution in [0.5, 0.6) is 0 Å². The van der Waals surface area contributed by atoms with Crippen LogP contribution in [0.1, 0.15) is 18.9 Å². The fourth-order valence-corrected chi connectivity index (χ4v) is 1.41. The van der Waals surface area contributed by atoms with Gasteiger partial charge in [0.15, 0.2) is 0 Å². The van der Waals surface area contributed by atoms with Gasteiger partial charge in [0.2, 0.25) is 0 Å². The third-order valence-corrected chi connectivity index (χ3v) is 2.05. The minimum absolute atomic E-state index is 0. The number of tetrazole rings is 1. The molecule has 2 heterocycles. The van der Waals surface area contributed by atoms with E-state index in [1.807, 2.05) is 4.68 Å². The quantitative estimate of drug-likeness (QED) is 0.416. The van der Waals surface area contributed by atoms with Gasteiger partial charge in [-0.25, -0.2) is 4.68 Å². The van der Waals surface area contributed by atoms with Gasteiger partial charge in [-0.15, -0.1) is 5.10 Å². The van der Waals surface area contributed by atoms with Crippen LogP contribution in [0, 0.1) is 0 Å². The molecule has 0 unspecified atom stereocenters. The molecule has 25 heavy (non-hydrogen) atoms. The van der Waals surface area contributed by atoms with E-state index in [-0.39, 0.29) is 458 Å². The fraction of sp³-hybridized carbons (Fsp3) is 0.833. The summed E-state index contributed by atoms with van der Waals surface area (Å²) in [6.45, 7) is 2.15. The van der Waals surface area contributed by atoms with Gasteiger partial charge < -0.3 is 5.32 Å². The number of nitrogens with one attached hydrogen (secondary N) is 1. The normalized spacial score (nSPS) is 8.96. The van der Waals surface area contributed by atoms with E-state index < -0.39 is 0 Å². The molecule has 1 fully saturated rings. The summed E-state index contributed by atoms with van der Waals surface area (Å²) in [4.78, 5) is 0. The molecule has 19 heteroatoms. The van der Waals surface area contributed by atoms with E-state index in [0.717, 1.165) is 25.9 Å². The number of nitrogens with zero attached hydrogens (tertiary/aromatic N) is 4. The van der Waals surface area contributed by atoms with E-state index in [4.69, 9.17) is 0 Å². The van der Waals surface area contributed by atoms with Gasteiger partial charge in [-0.3, -0.25) is 0 Å². The van der Waals surface area contributed by atoms with Gasteiger partial charge in [-0.1, -0.05) is 0 Å². The number of hydrogen-bond donors (Lipinski definition) is 1. The summed E-state index contributed by atoms with van der Waals surface area (Å²) in [6, 6.07) is 0.506. The Hall–Kier alpha value is 14.5. The van der Waals surface area contributed by atoms with Crippen LogP contribution in [-0.4, -0.2) is 33.3 Å². The predicted octanol–water partition coefficient (Wildman–Crippen LogP) is -0.437. The molecular weight excluding hydrogens is 1390 g/mol. The van der Waals surface area contributed by atoms with Crippen LogP contribution in [-0.2, 0) is 458 Å². The van der Waals surface area contributed by atoms with E-state index in [9.17, 15) is 0 Å². The number of rotatable bonds is 1. The zero-order chi connectivity index (χ0) is 7.52. The topological polar surface area (TPSA) is 55.6 Å². The molecule has 102 valence electrons. The second-order valence-electron chi connectivity index (χ2n) is 2.77. The molecule has 0 atom stereocenters. The molecule has 1 aromatic heterocycles. The summed E-state index contributed by atoms with van der Waals surface area (Å²) in [5.74, 6) is 0. The Morgan fingerprint density at radius 3 is 1.28 bits per heavy atom. The molecular formula is C6H11N5Y14. The van der Waals surface area contributed by atoms with E-state index in [1.165, 1.54) is 0 Å². The SMILES string of the molecule is [Y].[Y].[Y].[Y].[Y].[Y].[Y].[Y].[Y].[Y].[Y].[Y].[Y].[Y].c1nnnn1C1CCNCC1. The maximum absolute atomic E-state index is 3.87. The maximum Gasteiger partial charge on any atom is 0.138 e. The van der Waals surface area contributed by atoms with Crippen LogP contribution in [0.3, 0.4) is 0 Å². The van der Waals surface area contributed by atoms with Gasteiger partial charge in [0.05, 0.1) is 6.04 Å². The minimum Gasteiger partial charge on any atom is -0.317 e.